The first-order chi connectivity index (χ1) is 19.0. The highest BCUT2D eigenvalue weighted by atomic mass is 32.2. The maximum absolute atomic E-state index is 12.9. The number of piperazine rings is 1. The Bertz CT molecular complexity index is 1430. The van der Waals surface area contributed by atoms with Gasteiger partial charge in [-0.25, -0.2) is 0 Å². The molecule has 1 aliphatic rings. The molecule has 2 amide bonds. The summed E-state index contributed by atoms with van der Waals surface area (Å²) in [4.78, 5) is 29.6. The maximum Gasteiger partial charge on any atom is 0.254 e. The lowest BCUT2D eigenvalue weighted by molar-refractivity contribution is -0.113. The minimum atomic E-state index is -0.143. The third kappa shape index (κ3) is 6.37. The smallest absolute Gasteiger partial charge is 0.254 e. The number of tetrazole rings is 1. The molecule has 1 aromatic heterocycles. The number of methoxy groups -OCH3 is 1. The minimum absolute atomic E-state index is 0.0115. The van der Waals surface area contributed by atoms with Crippen molar-refractivity contribution < 1.29 is 14.3 Å². The fourth-order valence-electron chi connectivity index (χ4n) is 4.31. The van der Waals surface area contributed by atoms with Gasteiger partial charge in [-0.1, -0.05) is 35.5 Å². The van der Waals surface area contributed by atoms with Crippen LogP contribution in [0.5, 0.6) is 5.75 Å². The first kappa shape index (κ1) is 26.2. The summed E-state index contributed by atoms with van der Waals surface area (Å²) in [5.74, 6) is 0.720. The average Bonchev–Trinajstić information content (AvgIpc) is 3.45. The topological polar surface area (TPSA) is 105 Å². The number of carbonyl (C=O) groups is 2. The van der Waals surface area contributed by atoms with Crippen molar-refractivity contribution in [2.75, 3.05) is 49.3 Å². The normalized spacial score (nSPS) is 13.3. The molecule has 0 unspecified atom stereocenters. The van der Waals surface area contributed by atoms with Gasteiger partial charge >= 0.3 is 0 Å². The van der Waals surface area contributed by atoms with E-state index in [2.05, 4.69) is 25.7 Å². The number of benzene rings is 3. The summed E-state index contributed by atoms with van der Waals surface area (Å²) in [6.45, 7) is 4.74. The van der Waals surface area contributed by atoms with Crippen LogP contribution in [0.3, 0.4) is 0 Å². The number of aromatic nitrogens is 4. The Hall–Kier alpha value is -4.38. The fourth-order valence-corrected chi connectivity index (χ4v) is 5.00. The van der Waals surface area contributed by atoms with Crippen LogP contribution in [-0.4, -0.2) is 76.0 Å². The molecule has 1 N–H and O–H groups in total. The number of anilines is 2. The second kappa shape index (κ2) is 12.0. The molecule has 200 valence electrons. The first-order valence-corrected chi connectivity index (χ1v) is 13.5. The predicted molar refractivity (Wildman–Crippen MR) is 151 cm³/mol. The standard InChI is InChI=1S/C28H29N7O3S/c1-20-6-10-24(11-7-20)35-28(30-31-32-35)39-19-26(36)29-22-8-12-23(13-9-22)33-14-16-34(17-15-33)27(37)21-4-3-5-25(18-21)38-2/h3-13,18H,14-17,19H2,1-2H3,(H,29,36). The number of rotatable bonds is 8. The van der Waals surface area contributed by atoms with E-state index in [1.165, 1.54) is 11.8 Å². The van der Waals surface area contributed by atoms with E-state index in [-0.39, 0.29) is 17.6 Å². The molecule has 4 aromatic rings. The molecule has 0 aliphatic carbocycles. The summed E-state index contributed by atoms with van der Waals surface area (Å²) in [5.41, 5.74) is 4.39. The monoisotopic (exact) mass is 543 g/mol. The largest absolute Gasteiger partial charge is 0.497 e. The van der Waals surface area contributed by atoms with Crippen LogP contribution in [-0.2, 0) is 4.79 Å². The zero-order valence-corrected chi connectivity index (χ0v) is 22.6. The molecule has 0 saturated carbocycles. The van der Waals surface area contributed by atoms with Crippen LogP contribution >= 0.6 is 11.8 Å². The van der Waals surface area contributed by atoms with Gasteiger partial charge in [0.2, 0.25) is 11.1 Å². The second-order valence-electron chi connectivity index (χ2n) is 9.10. The van der Waals surface area contributed by atoms with Crippen LogP contribution in [0.15, 0.2) is 78.0 Å². The Morgan fingerprint density at radius 3 is 2.38 bits per heavy atom. The van der Waals surface area contributed by atoms with Crippen molar-refractivity contribution in [2.24, 2.45) is 0 Å². The number of hydrogen-bond acceptors (Lipinski definition) is 8. The number of amides is 2. The number of nitrogens with zero attached hydrogens (tertiary/aromatic N) is 6. The number of ether oxygens (including phenoxy) is 1. The quantitative estimate of drug-likeness (QED) is 0.336. The van der Waals surface area contributed by atoms with E-state index in [0.717, 1.165) is 30.0 Å². The molecule has 1 fully saturated rings. The third-order valence-electron chi connectivity index (χ3n) is 6.45. The van der Waals surface area contributed by atoms with Crippen molar-refractivity contribution >= 4 is 35.0 Å². The SMILES string of the molecule is COc1cccc(C(=O)N2CCN(c3ccc(NC(=O)CSc4nnnn4-c4ccc(C)cc4)cc3)CC2)c1. The van der Waals surface area contributed by atoms with E-state index in [9.17, 15) is 9.59 Å². The molecule has 1 saturated heterocycles. The molecule has 39 heavy (non-hydrogen) atoms. The van der Waals surface area contributed by atoms with Crippen molar-refractivity contribution in [3.05, 3.63) is 83.9 Å². The van der Waals surface area contributed by atoms with Crippen molar-refractivity contribution in [1.29, 1.82) is 0 Å². The summed E-state index contributed by atoms with van der Waals surface area (Å²) in [7, 11) is 1.59. The Balaban J connectivity index is 1.11. The highest BCUT2D eigenvalue weighted by molar-refractivity contribution is 7.99. The van der Waals surface area contributed by atoms with Gasteiger partial charge in [0, 0.05) is 43.1 Å². The van der Waals surface area contributed by atoms with Gasteiger partial charge < -0.3 is 19.9 Å². The van der Waals surface area contributed by atoms with Gasteiger partial charge in [0.25, 0.3) is 5.91 Å². The molecule has 11 heteroatoms. The maximum atomic E-state index is 12.9. The number of carbonyl (C=O) groups excluding carboxylic acids is 2. The zero-order chi connectivity index (χ0) is 27.2. The van der Waals surface area contributed by atoms with Crippen molar-refractivity contribution in [3.8, 4) is 11.4 Å². The zero-order valence-electron chi connectivity index (χ0n) is 21.8. The van der Waals surface area contributed by atoms with E-state index in [1.807, 2.05) is 78.6 Å². The molecule has 2 heterocycles. The molecule has 5 rings (SSSR count). The van der Waals surface area contributed by atoms with Gasteiger partial charge in [-0.3, -0.25) is 9.59 Å². The summed E-state index contributed by atoms with van der Waals surface area (Å²) in [6, 6.07) is 22.9. The van der Waals surface area contributed by atoms with Crippen LogP contribution < -0.4 is 15.0 Å². The molecule has 0 bridgehead atoms. The van der Waals surface area contributed by atoms with Crippen LogP contribution in [0.1, 0.15) is 15.9 Å². The molecule has 0 radical (unpaired) electrons. The van der Waals surface area contributed by atoms with Gasteiger partial charge in [-0.05, 0) is 71.9 Å². The Morgan fingerprint density at radius 1 is 0.949 bits per heavy atom. The molecule has 1 aliphatic heterocycles. The van der Waals surface area contributed by atoms with Crippen LogP contribution in [0.4, 0.5) is 11.4 Å². The van der Waals surface area contributed by atoms with E-state index in [4.69, 9.17) is 4.74 Å². The van der Waals surface area contributed by atoms with E-state index >= 15 is 0 Å². The lowest BCUT2D eigenvalue weighted by Crippen LogP contribution is -2.48. The van der Waals surface area contributed by atoms with Gasteiger partial charge in [0.1, 0.15) is 5.75 Å². The first-order valence-electron chi connectivity index (χ1n) is 12.6. The Kier molecular flexibility index (Phi) is 8.07. The second-order valence-corrected chi connectivity index (χ2v) is 10.0. The summed E-state index contributed by atoms with van der Waals surface area (Å²) in [5, 5.41) is 15.3. The van der Waals surface area contributed by atoms with Gasteiger partial charge in [0.05, 0.1) is 18.6 Å². The molecule has 10 nitrogen and oxygen atoms in total. The van der Waals surface area contributed by atoms with E-state index in [1.54, 1.807) is 17.9 Å². The average molecular weight is 544 g/mol. The van der Waals surface area contributed by atoms with Gasteiger partial charge in [0.15, 0.2) is 0 Å². The summed E-state index contributed by atoms with van der Waals surface area (Å²) < 4.78 is 6.86. The van der Waals surface area contributed by atoms with Crippen molar-refractivity contribution in [2.45, 2.75) is 12.1 Å². The Morgan fingerprint density at radius 2 is 1.67 bits per heavy atom. The van der Waals surface area contributed by atoms with Gasteiger partial charge in [-0.2, -0.15) is 4.68 Å². The Labute approximate surface area is 230 Å². The highest BCUT2D eigenvalue weighted by Crippen LogP contribution is 2.22. The molecule has 0 spiro atoms. The third-order valence-corrected chi connectivity index (χ3v) is 7.37. The predicted octanol–water partition coefficient (Wildman–Crippen LogP) is 3.67. The van der Waals surface area contributed by atoms with Crippen molar-refractivity contribution in [3.63, 3.8) is 0 Å². The fraction of sp³-hybridized carbons (Fsp3) is 0.250. The summed E-state index contributed by atoms with van der Waals surface area (Å²) in [6.07, 6.45) is 0. The van der Waals surface area contributed by atoms with Crippen LogP contribution in [0, 0.1) is 6.92 Å². The van der Waals surface area contributed by atoms with E-state index in [0.29, 0.717) is 35.2 Å². The van der Waals surface area contributed by atoms with Crippen molar-refractivity contribution in [1.82, 2.24) is 25.1 Å². The van der Waals surface area contributed by atoms with E-state index < -0.39 is 0 Å². The van der Waals surface area contributed by atoms with Crippen LogP contribution in [0.25, 0.3) is 5.69 Å². The lowest BCUT2D eigenvalue weighted by atomic mass is 10.1. The van der Waals surface area contributed by atoms with Gasteiger partial charge in [-0.15, -0.1) is 5.10 Å². The lowest BCUT2D eigenvalue weighted by Gasteiger charge is -2.36. The molecular formula is C28H29N7O3S. The van der Waals surface area contributed by atoms with Crippen LogP contribution in [0.2, 0.25) is 0 Å². The molecule has 0 atom stereocenters. The number of nitrogens with one attached hydrogen (secondary N) is 1. The number of hydrogen-bond donors (Lipinski definition) is 1. The number of aryl methyl sites for hydroxylation is 1. The molecule has 3 aromatic carbocycles. The number of thioether (sulfide) groups is 1. The highest BCUT2D eigenvalue weighted by Gasteiger charge is 2.22. The molecular weight excluding hydrogens is 514 g/mol. The summed E-state index contributed by atoms with van der Waals surface area (Å²) >= 11 is 1.28. The minimum Gasteiger partial charge on any atom is -0.497 e.